The average Bonchev–Trinajstić information content (AvgIpc) is 2.73. The molecule has 29 heavy (non-hydrogen) atoms. The number of piperidine rings is 1. The number of nitrogens with one attached hydrogen (secondary N) is 2. The zero-order chi connectivity index (χ0) is 20.8. The number of amides is 2. The molecule has 0 radical (unpaired) electrons. The molecule has 8 heteroatoms. The molecule has 2 aliphatic rings. The van der Waals surface area contributed by atoms with Gasteiger partial charge in [0.05, 0.1) is 13.7 Å². The first-order chi connectivity index (χ1) is 14.0. The normalized spacial score (nSPS) is 21.8. The van der Waals surface area contributed by atoms with Gasteiger partial charge in [-0.3, -0.25) is 4.79 Å². The predicted octanol–water partition coefficient (Wildman–Crippen LogP) is -0.0937. The van der Waals surface area contributed by atoms with Gasteiger partial charge in [-0.25, -0.2) is 9.59 Å². The molecule has 1 aromatic carbocycles. The number of fused-ring (bicyclic) bond motifs is 1. The van der Waals surface area contributed by atoms with Crippen molar-refractivity contribution in [2.75, 3.05) is 33.4 Å². The lowest BCUT2D eigenvalue weighted by Crippen LogP contribution is -3.17. The van der Waals surface area contributed by atoms with Gasteiger partial charge in [0.25, 0.3) is 5.91 Å². The maximum absolute atomic E-state index is 12.7. The van der Waals surface area contributed by atoms with E-state index >= 15 is 0 Å². The highest BCUT2D eigenvalue weighted by Crippen LogP contribution is 2.15. The van der Waals surface area contributed by atoms with Gasteiger partial charge in [-0.1, -0.05) is 24.3 Å². The summed E-state index contributed by atoms with van der Waals surface area (Å²) in [6, 6.07) is 7.66. The largest absolute Gasteiger partial charge is 0.465 e. The van der Waals surface area contributed by atoms with Crippen LogP contribution in [0.1, 0.15) is 30.9 Å². The number of hydrogen-bond donors (Lipinski definition) is 2. The zero-order valence-electron chi connectivity index (χ0n) is 17.1. The van der Waals surface area contributed by atoms with Crippen LogP contribution in [-0.2, 0) is 32.0 Å². The number of carbonyl (C=O) groups is 3. The summed E-state index contributed by atoms with van der Waals surface area (Å²) in [5.41, 5.74) is 2.30. The molecule has 0 spiro atoms. The van der Waals surface area contributed by atoms with E-state index in [9.17, 15) is 14.4 Å². The quantitative estimate of drug-likeness (QED) is 0.670. The van der Waals surface area contributed by atoms with Crippen LogP contribution in [0, 0.1) is 0 Å². The zero-order valence-corrected chi connectivity index (χ0v) is 17.1. The van der Waals surface area contributed by atoms with E-state index in [1.165, 1.54) is 7.11 Å². The summed E-state index contributed by atoms with van der Waals surface area (Å²) in [6.07, 6.45) is 1.67. The molecule has 0 bridgehead atoms. The van der Waals surface area contributed by atoms with E-state index < -0.39 is 0 Å². The molecule has 2 heterocycles. The second-order valence-electron chi connectivity index (χ2n) is 7.59. The highest BCUT2D eigenvalue weighted by Gasteiger charge is 2.37. The van der Waals surface area contributed by atoms with E-state index in [2.05, 4.69) is 5.32 Å². The number of carbonyl (C=O) groups excluding carboxylic acids is 3. The first-order valence-electron chi connectivity index (χ1n) is 10.2. The van der Waals surface area contributed by atoms with Crippen LogP contribution >= 0.6 is 0 Å². The fourth-order valence-electron chi connectivity index (χ4n) is 4.15. The second-order valence-corrected chi connectivity index (χ2v) is 7.59. The van der Waals surface area contributed by atoms with E-state index in [-0.39, 0.29) is 36.6 Å². The molecule has 1 aromatic rings. The Bertz CT molecular complexity index is 746. The summed E-state index contributed by atoms with van der Waals surface area (Å²) in [4.78, 5) is 39.3. The third kappa shape index (κ3) is 5.26. The number of rotatable bonds is 5. The van der Waals surface area contributed by atoms with Crippen LogP contribution in [0.3, 0.4) is 0 Å². The monoisotopic (exact) mass is 404 g/mol. The van der Waals surface area contributed by atoms with Crippen molar-refractivity contribution in [1.82, 2.24) is 10.2 Å². The maximum Gasteiger partial charge on any atom is 0.409 e. The summed E-state index contributed by atoms with van der Waals surface area (Å²) >= 11 is 0. The van der Waals surface area contributed by atoms with E-state index in [1.54, 1.807) is 11.8 Å². The fraction of sp³-hybridized carbons (Fsp3) is 0.571. The van der Waals surface area contributed by atoms with Gasteiger partial charge in [0.2, 0.25) is 0 Å². The molecule has 2 N–H and O–H groups in total. The standard InChI is InChI=1S/C21H29N3O5/c1-3-29-21(27)23-10-8-17(9-11-23)22-19(25)14-24-13-16-7-5-4-6-15(16)12-18(24)20(26)28-2/h4-7,17-18H,3,8-14H2,1-2H3,(H,22,25)/p+1/t18-/m1/s1. The third-order valence-electron chi connectivity index (χ3n) is 5.71. The van der Waals surface area contributed by atoms with Crippen molar-refractivity contribution in [2.45, 2.75) is 44.8 Å². The number of hydrogen-bond acceptors (Lipinski definition) is 5. The van der Waals surface area contributed by atoms with E-state index in [1.807, 2.05) is 24.3 Å². The van der Waals surface area contributed by atoms with Gasteiger partial charge >= 0.3 is 12.1 Å². The van der Waals surface area contributed by atoms with Crippen molar-refractivity contribution in [1.29, 1.82) is 0 Å². The summed E-state index contributed by atoms with van der Waals surface area (Å²) in [7, 11) is 1.39. The first kappa shape index (κ1) is 21.1. The Morgan fingerprint density at radius 1 is 1.17 bits per heavy atom. The third-order valence-corrected chi connectivity index (χ3v) is 5.71. The van der Waals surface area contributed by atoms with Crippen LogP contribution in [0.5, 0.6) is 0 Å². The van der Waals surface area contributed by atoms with Crippen molar-refractivity contribution in [3.05, 3.63) is 35.4 Å². The molecule has 2 atom stereocenters. The predicted molar refractivity (Wildman–Crippen MR) is 105 cm³/mol. The molecular weight excluding hydrogens is 374 g/mol. The fourth-order valence-corrected chi connectivity index (χ4v) is 4.15. The molecule has 0 aliphatic carbocycles. The van der Waals surface area contributed by atoms with Gasteiger partial charge in [-0.2, -0.15) is 0 Å². The number of methoxy groups -OCH3 is 1. The van der Waals surface area contributed by atoms with Gasteiger partial charge in [-0.15, -0.1) is 0 Å². The van der Waals surface area contributed by atoms with Gasteiger partial charge in [-0.05, 0) is 25.3 Å². The minimum Gasteiger partial charge on any atom is -0.465 e. The van der Waals surface area contributed by atoms with Crippen LogP contribution in [0.4, 0.5) is 4.79 Å². The topological polar surface area (TPSA) is 89.4 Å². The molecule has 1 unspecified atom stereocenters. The molecule has 0 saturated carbocycles. The van der Waals surface area contributed by atoms with Crippen molar-refractivity contribution < 1.29 is 28.8 Å². The van der Waals surface area contributed by atoms with Crippen molar-refractivity contribution in [2.24, 2.45) is 0 Å². The molecule has 1 fully saturated rings. The highest BCUT2D eigenvalue weighted by atomic mass is 16.6. The van der Waals surface area contributed by atoms with Gasteiger partial charge in [0.15, 0.2) is 12.6 Å². The minimum absolute atomic E-state index is 0.0289. The molecule has 8 nitrogen and oxygen atoms in total. The van der Waals surface area contributed by atoms with E-state index in [0.29, 0.717) is 45.5 Å². The van der Waals surface area contributed by atoms with Crippen molar-refractivity contribution >= 4 is 18.0 Å². The lowest BCUT2D eigenvalue weighted by atomic mass is 9.94. The van der Waals surface area contributed by atoms with Crippen molar-refractivity contribution in [3.8, 4) is 0 Å². The lowest BCUT2D eigenvalue weighted by molar-refractivity contribution is -0.924. The Morgan fingerprint density at radius 2 is 1.86 bits per heavy atom. The van der Waals surface area contributed by atoms with Crippen molar-refractivity contribution in [3.63, 3.8) is 0 Å². The number of quaternary nitrogens is 1. The number of likely N-dealkylation sites (tertiary alicyclic amines) is 1. The maximum atomic E-state index is 12.7. The summed E-state index contributed by atoms with van der Waals surface area (Å²) in [5, 5.41) is 3.07. The SMILES string of the molecule is CCOC(=O)N1CCC(NC(=O)C[NH+]2Cc3ccccc3C[C@@H]2C(=O)OC)CC1. The minimum atomic E-state index is -0.383. The molecule has 0 aromatic heterocycles. The van der Waals surface area contributed by atoms with E-state index in [4.69, 9.17) is 9.47 Å². The summed E-state index contributed by atoms with van der Waals surface area (Å²) < 4.78 is 10.0. The van der Waals surface area contributed by atoms with Crippen LogP contribution in [0.2, 0.25) is 0 Å². The molecule has 3 rings (SSSR count). The Hall–Kier alpha value is -2.61. The van der Waals surface area contributed by atoms with Gasteiger partial charge in [0.1, 0.15) is 6.54 Å². The number of esters is 1. The Kier molecular flexibility index (Phi) is 7.09. The second kappa shape index (κ2) is 9.73. The summed E-state index contributed by atoms with van der Waals surface area (Å²) in [5.74, 6) is -0.368. The lowest BCUT2D eigenvalue weighted by Gasteiger charge is -2.33. The summed E-state index contributed by atoms with van der Waals surface area (Å²) in [6.45, 7) is 4.11. The molecule has 1 saturated heterocycles. The first-order valence-corrected chi connectivity index (χ1v) is 10.2. The number of nitrogens with zero attached hydrogens (tertiary/aromatic N) is 1. The molecule has 158 valence electrons. The van der Waals surface area contributed by atoms with E-state index in [0.717, 1.165) is 16.0 Å². The van der Waals surface area contributed by atoms with Gasteiger partial charge in [0, 0.05) is 31.1 Å². The Balaban J connectivity index is 1.55. The van der Waals surface area contributed by atoms with Crippen LogP contribution in [0.25, 0.3) is 0 Å². The highest BCUT2D eigenvalue weighted by molar-refractivity contribution is 5.78. The van der Waals surface area contributed by atoms with Crippen LogP contribution < -0.4 is 10.2 Å². The Morgan fingerprint density at radius 3 is 2.52 bits per heavy atom. The van der Waals surface area contributed by atoms with Crippen LogP contribution in [-0.4, -0.2) is 68.3 Å². The molecule has 2 aliphatic heterocycles. The smallest absolute Gasteiger partial charge is 0.409 e. The number of ether oxygens (including phenoxy) is 2. The average molecular weight is 404 g/mol. The molecular formula is C21H30N3O5+. The number of benzene rings is 1. The molecule has 2 amide bonds. The van der Waals surface area contributed by atoms with Crippen LogP contribution in [0.15, 0.2) is 24.3 Å². The van der Waals surface area contributed by atoms with Gasteiger partial charge < -0.3 is 24.6 Å². The Labute approximate surface area is 171 Å².